The number of anilines is 1. The summed E-state index contributed by atoms with van der Waals surface area (Å²) in [5, 5.41) is 7.92. The lowest BCUT2D eigenvalue weighted by Gasteiger charge is -2.46. The van der Waals surface area contributed by atoms with Crippen LogP contribution in [0.1, 0.15) is 78.4 Å². The van der Waals surface area contributed by atoms with Gasteiger partial charge in [0.15, 0.2) is 0 Å². The number of rotatable bonds is 4. The van der Waals surface area contributed by atoms with E-state index in [2.05, 4.69) is 48.7 Å². The van der Waals surface area contributed by atoms with E-state index in [-0.39, 0.29) is 35.1 Å². The summed E-state index contributed by atoms with van der Waals surface area (Å²) < 4.78 is 36.0. The average molecular weight is 761 g/mol. The number of methoxy groups -OCH3 is 1. The van der Waals surface area contributed by atoms with Crippen LogP contribution in [0.4, 0.5) is 10.5 Å². The standard InChI is InChI=1S/C40H49ClN6O5S/c1-25-6-4-8-36(51-3)31-12-9-28(31)21-47-23-40(15-5-7-26-16-30(41)11-13-33(26)40)24-52-37-14-10-27(17-35(37)47)38(48)44-53(50,22-25)45-39(49)43-34-18-32(34)29-19-42-46(2)20-29/h4,8,10-11,13-14,16-17,19-20,25,28,31-32,34,36H,5-7,9,12,15,18,21-24H2,1-3H3,(H2,43,44,45,48,49,50)/b8-4+/t25-,28-,31+,32-,34+,36-,40-,53-/m0/s1. The molecule has 3 heterocycles. The number of fused-ring (bicyclic) bond motifs is 4. The van der Waals surface area contributed by atoms with Crippen LogP contribution in [0.15, 0.2) is 65.3 Å². The van der Waals surface area contributed by atoms with E-state index < -0.39 is 21.9 Å². The molecule has 3 amide bonds. The Labute approximate surface area is 317 Å². The SMILES string of the molecule is CO[C@H]1/C=C/C[C@H](C)C[S@@](=O)(NC(=O)N[C@@H]2C[C@H]2c2cnn(C)c2)=NC(=O)c2ccc3c(c2)N(C[C@@H]2CC[C@H]21)C[C@@]1(CCCc2cc(Cl)ccc21)CO3. The molecule has 2 saturated carbocycles. The average Bonchev–Trinajstić information content (AvgIpc) is 3.76. The quantitative estimate of drug-likeness (QED) is 0.289. The minimum Gasteiger partial charge on any atom is -0.490 e. The van der Waals surface area contributed by atoms with Crippen molar-refractivity contribution in [2.24, 2.45) is 29.2 Å². The Balaban J connectivity index is 1.13. The Hall–Kier alpha value is -3.87. The van der Waals surface area contributed by atoms with Gasteiger partial charge in [0.25, 0.3) is 5.91 Å². The normalized spacial score (nSPS) is 32.9. The van der Waals surface area contributed by atoms with Crippen LogP contribution < -0.4 is 19.7 Å². The van der Waals surface area contributed by atoms with E-state index in [0.29, 0.717) is 36.2 Å². The molecule has 8 rings (SSSR count). The fourth-order valence-corrected chi connectivity index (χ4v) is 11.1. The van der Waals surface area contributed by atoms with Gasteiger partial charge in [0.2, 0.25) is 0 Å². The van der Waals surface area contributed by atoms with Crippen LogP contribution in [-0.4, -0.2) is 70.6 Å². The highest BCUT2D eigenvalue weighted by Crippen LogP contribution is 2.47. The van der Waals surface area contributed by atoms with Crippen LogP contribution in [0, 0.1) is 17.8 Å². The minimum absolute atomic E-state index is 0.0169. The van der Waals surface area contributed by atoms with Crippen molar-refractivity contribution in [1.82, 2.24) is 19.8 Å². The van der Waals surface area contributed by atoms with Gasteiger partial charge in [-0.15, -0.1) is 4.36 Å². The van der Waals surface area contributed by atoms with Crippen molar-refractivity contribution < 1.29 is 23.3 Å². The van der Waals surface area contributed by atoms with E-state index in [1.807, 2.05) is 38.4 Å². The number of carbonyl (C=O) groups excluding carboxylic acids is 2. The van der Waals surface area contributed by atoms with Crippen molar-refractivity contribution in [3.8, 4) is 5.75 Å². The number of nitrogens with zero attached hydrogens (tertiary/aromatic N) is 4. The van der Waals surface area contributed by atoms with Crippen LogP contribution in [-0.2, 0) is 33.5 Å². The highest BCUT2D eigenvalue weighted by atomic mass is 35.5. The summed E-state index contributed by atoms with van der Waals surface area (Å²) in [7, 11) is 0.112. The summed E-state index contributed by atoms with van der Waals surface area (Å²) in [6.45, 7) is 3.97. The summed E-state index contributed by atoms with van der Waals surface area (Å²) in [4.78, 5) is 29.8. The summed E-state index contributed by atoms with van der Waals surface area (Å²) in [6.07, 6.45) is 14.4. The first-order chi connectivity index (χ1) is 25.5. The van der Waals surface area contributed by atoms with Crippen molar-refractivity contribution in [2.75, 3.05) is 37.5 Å². The third-order valence-electron chi connectivity index (χ3n) is 12.0. The Kier molecular flexibility index (Phi) is 9.82. The third kappa shape index (κ3) is 7.47. The highest BCUT2D eigenvalue weighted by molar-refractivity contribution is 7.92. The molecule has 2 fully saturated rings. The molecule has 282 valence electrons. The topological polar surface area (TPSA) is 127 Å². The molecule has 1 spiro atoms. The van der Waals surface area contributed by atoms with E-state index >= 15 is 0 Å². The van der Waals surface area contributed by atoms with Crippen LogP contribution in [0.2, 0.25) is 5.02 Å². The lowest BCUT2D eigenvalue weighted by molar-refractivity contribution is 0.0131. The molecule has 11 nitrogen and oxygen atoms in total. The molecule has 0 saturated heterocycles. The molecule has 3 aliphatic carbocycles. The van der Waals surface area contributed by atoms with E-state index in [1.165, 1.54) is 11.1 Å². The number of halogens is 1. The van der Waals surface area contributed by atoms with Crippen LogP contribution in [0.5, 0.6) is 5.75 Å². The van der Waals surface area contributed by atoms with Gasteiger partial charge in [-0.1, -0.05) is 36.7 Å². The number of carbonyl (C=O) groups is 2. The molecule has 3 aromatic rings. The summed E-state index contributed by atoms with van der Waals surface area (Å²) >= 11 is 6.47. The lowest BCUT2D eigenvalue weighted by atomic mass is 9.68. The summed E-state index contributed by atoms with van der Waals surface area (Å²) in [5.74, 6) is 0.823. The van der Waals surface area contributed by atoms with Crippen LogP contribution in [0.3, 0.4) is 0 Å². The lowest BCUT2D eigenvalue weighted by Crippen LogP contribution is -2.49. The molecule has 2 aliphatic heterocycles. The first kappa shape index (κ1) is 36.1. The second kappa shape index (κ2) is 14.4. The van der Waals surface area contributed by atoms with Crippen molar-refractivity contribution in [3.05, 3.63) is 88.2 Å². The van der Waals surface area contributed by atoms with Gasteiger partial charge in [-0.25, -0.2) is 9.00 Å². The predicted molar refractivity (Wildman–Crippen MR) is 206 cm³/mol. The zero-order valence-electron chi connectivity index (χ0n) is 30.6. The van der Waals surface area contributed by atoms with Crippen molar-refractivity contribution in [2.45, 2.75) is 75.3 Å². The van der Waals surface area contributed by atoms with Gasteiger partial charge in [-0.3, -0.25) is 14.2 Å². The third-order valence-corrected chi connectivity index (χ3v) is 14.2. The molecule has 53 heavy (non-hydrogen) atoms. The van der Waals surface area contributed by atoms with E-state index in [1.54, 1.807) is 24.1 Å². The zero-order valence-corrected chi connectivity index (χ0v) is 32.2. The molecule has 5 aliphatic rings. The summed E-state index contributed by atoms with van der Waals surface area (Å²) in [5.41, 5.74) is 4.45. The number of ether oxygens (including phenoxy) is 2. The van der Waals surface area contributed by atoms with Gasteiger partial charge in [-0.05, 0) is 110 Å². The second-order valence-electron chi connectivity index (χ2n) is 15.9. The number of amides is 3. The number of aryl methyl sites for hydroxylation is 2. The van der Waals surface area contributed by atoms with Gasteiger partial charge in [0.1, 0.15) is 15.7 Å². The number of allylic oxidation sites excluding steroid dienone is 1. The maximum atomic E-state index is 14.6. The molecule has 1 aromatic heterocycles. The van der Waals surface area contributed by atoms with E-state index in [4.69, 9.17) is 21.1 Å². The van der Waals surface area contributed by atoms with E-state index in [0.717, 1.165) is 67.9 Å². The maximum Gasteiger partial charge on any atom is 0.327 e. The molecule has 0 radical (unpaired) electrons. The molecule has 2 N–H and O–H groups in total. The Bertz CT molecular complexity index is 2060. The van der Waals surface area contributed by atoms with Crippen molar-refractivity contribution >= 4 is 39.1 Å². The number of benzene rings is 2. The molecule has 2 bridgehead atoms. The van der Waals surface area contributed by atoms with Gasteiger partial charge in [0.05, 0.1) is 30.3 Å². The smallest absolute Gasteiger partial charge is 0.327 e. The Morgan fingerprint density at radius 2 is 2.06 bits per heavy atom. The molecule has 2 aromatic carbocycles. The number of aromatic nitrogens is 2. The molecule has 8 atom stereocenters. The van der Waals surface area contributed by atoms with Gasteiger partial charge in [-0.2, -0.15) is 5.10 Å². The molecular formula is C40H49ClN6O5S. The van der Waals surface area contributed by atoms with Crippen LogP contribution in [0.25, 0.3) is 0 Å². The number of hydrogen-bond acceptors (Lipinski definition) is 7. The first-order valence-electron chi connectivity index (χ1n) is 18.9. The minimum atomic E-state index is -3.51. The molecule has 0 unspecified atom stereocenters. The zero-order chi connectivity index (χ0) is 36.9. The van der Waals surface area contributed by atoms with Gasteiger partial charge in [0, 0.05) is 61.4 Å². The first-order valence-corrected chi connectivity index (χ1v) is 20.9. The van der Waals surface area contributed by atoms with E-state index in [9.17, 15) is 13.8 Å². The second-order valence-corrected chi connectivity index (χ2v) is 18.4. The maximum absolute atomic E-state index is 14.6. The predicted octanol–water partition coefficient (Wildman–Crippen LogP) is 6.56. The number of nitrogens with one attached hydrogen (secondary N) is 2. The molecular weight excluding hydrogens is 712 g/mol. The monoisotopic (exact) mass is 760 g/mol. The highest BCUT2D eigenvalue weighted by Gasteiger charge is 2.45. The number of urea groups is 1. The van der Waals surface area contributed by atoms with Crippen molar-refractivity contribution in [1.29, 1.82) is 0 Å². The van der Waals surface area contributed by atoms with Crippen LogP contribution >= 0.6 is 11.6 Å². The number of hydrogen-bond donors (Lipinski definition) is 2. The van der Waals surface area contributed by atoms with Gasteiger partial charge >= 0.3 is 6.03 Å². The Morgan fingerprint density at radius 1 is 1.19 bits per heavy atom. The fraction of sp³-hybridized carbons (Fsp3) is 0.525. The Morgan fingerprint density at radius 3 is 2.83 bits per heavy atom. The largest absolute Gasteiger partial charge is 0.490 e. The molecule has 13 heteroatoms. The van der Waals surface area contributed by atoms with Gasteiger partial charge < -0.3 is 19.7 Å². The van der Waals surface area contributed by atoms with Crippen molar-refractivity contribution in [3.63, 3.8) is 0 Å². The summed E-state index contributed by atoms with van der Waals surface area (Å²) in [6, 6.07) is 10.9. The fourth-order valence-electron chi connectivity index (χ4n) is 9.06.